The number of rotatable bonds is 3. The minimum atomic E-state index is -3.13. The lowest BCUT2D eigenvalue weighted by atomic mass is 9.99. The van der Waals surface area contributed by atoms with E-state index in [0.29, 0.717) is 0 Å². The van der Waals surface area contributed by atoms with Crippen molar-refractivity contribution in [3.8, 4) is 0 Å². The molecule has 126 valence electrons. The Balaban J connectivity index is 2.27. The number of aromatic nitrogens is 1. The van der Waals surface area contributed by atoms with Crippen LogP contribution in [-0.4, -0.2) is 47.0 Å². The molecule has 1 aliphatic rings. The molecule has 0 radical (unpaired) electrons. The van der Waals surface area contributed by atoms with Gasteiger partial charge in [0, 0.05) is 6.42 Å². The molecule has 0 unspecified atom stereocenters. The van der Waals surface area contributed by atoms with Crippen LogP contribution in [0, 0.1) is 5.82 Å². The molecule has 2 amide bonds. The first-order valence-corrected chi connectivity index (χ1v) is 7.00. The molecule has 23 heavy (non-hydrogen) atoms. The van der Waals surface area contributed by atoms with Gasteiger partial charge < -0.3 is 15.4 Å². The number of halogens is 4. The van der Waals surface area contributed by atoms with Crippen LogP contribution in [0.2, 0.25) is 5.15 Å². The Kier molecular flexibility index (Phi) is 4.98. The Morgan fingerprint density at radius 1 is 1.48 bits per heavy atom. The lowest BCUT2D eigenvalue weighted by Crippen LogP contribution is -2.53. The van der Waals surface area contributed by atoms with Crippen molar-refractivity contribution >= 4 is 23.6 Å². The molecule has 1 atom stereocenters. The van der Waals surface area contributed by atoms with Crippen LogP contribution >= 0.6 is 11.6 Å². The summed E-state index contributed by atoms with van der Waals surface area (Å²) in [6.45, 7) is -1.30. The number of piperidine rings is 1. The molecule has 10 heteroatoms. The van der Waals surface area contributed by atoms with Gasteiger partial charge in [0.25, 0.3) is 11.8 Å². The van der Waals surface area contributed by atoms with Gasteiger partial charge in [-0.2, -0.15) is 0 Å². The fourth-order valence-electron chi connectivity index (χ4n) is 2.28. The van der Waals surface area contributed by atoms with Crippen molar-refractivity contribution < 1.29 is 27.5 Å². The summed E-state index contributed by atoms with van der Waals surface area (Å²) < 4.78 is 45.6. The molecule has 0 spiro atoms. The topological polar surface area (TPSA) is 85.5 Å². The van der Waals surface area contributed by atoms with E-state index in [2.05, 4.69) is 9.72 Å². The molecule has 0 saturated carbocycles. The first kappa shape index (κ1) is 17.3. The van der Waals surface area contributed by atoms with Gasteiger partial charge in [-0.15, -0.1) is 0 Å². The van der Waals surface area contributed by atoms with Crippen LogP contribution in [-0.2, 0) is 4.74 Å². The minimum absolute atomic E-state index is 0.131. The van der Waals surface area contributed by atoms with Crippen molar-refractivity contribution in [2.24, 2.45) is 5.73 Å². The largest absolute Gasteiger partial charge is 0.448 e. The Labute approximate surface area is 134 Å². The minimum Gasteiger partial charge on any atom is -0.448 e. The predicted molar refractivity (Wildman–Crippen MR) is 73.7 cm³/mol. The second-order valence-corrected chi connectivity index (χ2v) is 5.46. The number of carbonyl (C=O) groups excluding carboxylic acids is 2. The van der Waals surface area contributed by atoms with E-state index in [1.165, 1.54) is 0 Å². The summed E-state index contributed by atoms with van der Waals surface area (Å²) in [5.74, 6) is -5.17. The number of amides is 2. The molecule has 1 aromatic heterocycles. The van der Waals surface area contributed by atoms with Gasteiger partial charge in [0.2, 0.25) is 0 Å². The average Bonchev–Trinajstić information content (AvgIpc) is 2.47. The molecule has 0 aliphatic carbocycles. The summed E-state index contributed by atoms with van der Waals surface area (Å²) in [4.78, 5) is 27.3. The van der Waals surface area contributed by atoms with Gasteiger partial charge in [0.05, 0.1) is 12.6 Å². The second-order valence-electron chi connectivity index (χ2n) is 5.08. The summed E-state index contributed by atoms with van der Waals surface area (Å²) in [5, 5.41) is -0.150. The van der Waals surface area contributed by atoms with Crippen LogP contribution in [0.25, 0.3) is 0 Å². The van der Waals surface area contributed by atoms with Crippen LogP contribution in [0.15, 0.2) is 12.1 Å². The first-order chi connectivity index (χ1) is 10.7. The first-order valence-electron chi connectivity index (χ1n) is 6.63. The molecule has 6 nitrogen and oxygen atoms in total. The molecule has 1 saturated heterocycles. The quantitative estimate of drug-likeness (QED) is 0.846. The van der Waals surface area contributed by atoms with Crippen molar-refractivity contribution in [2.45, 2.75) is 24.8 Å². The van der Waals surface area contributed by atoms with Gasteiger partial charge in [0.15, 0.2) is 11.5 Å². The van der Waals surface area contributed by atoms with Crippen LogP contribution in [0.4, 0.5) is 18.0 Å². The van der Waals surface area contributed by atoms with Crippen molar-refractivity contribution in [2.75, 3.05) is 13.2 Å². The number of nitrogens with two attached hydrogens (primary N) is 1. The Hall–Kier alpha value is -2.03. The Morgan fingerprint density at radius 2 is 2.17 bits per heavy atom. The molecule has 1 aromatic rings. The maximum atomic E-state index is 13.7. The van der Waals surface area contributed by atoms with Crippen LogP contribution < -0.4 is 5.73 Å². The third-order valence-corrected chi connectivity index (χ3v) is 3.59. The summed E-state index contributed by atoms with van der Waals surface area (Å²) >= 11 is 5.61. The highest BCUT2D eigenvalue weighted by Crippen LogP contribution is 2.31. The van der Waals surface area contributed by atoms with Gasteiger partial charge in [0.1, 0.15) is 11.8 Å². The van der Waals surface area contributed by atoms with E-state index in [-0.39, 0.29) is 18.2 Å². The number of nitrogens with zero attached hydrogens (tertiary/aromatic N) is 2. The molecule has 2 rings (SSSR count). The van der Waals surface area contributed by atoms with E-state index in [1.54, 1.807) is 0 Å². The van der Waals surface area contributed by atoms with Gasteiger partial charge in [-0.3, -0.25) is 4.79 Å². The Morgan fingerprint density at radius 3 is 2.83 bits per heavy atom. The van der Waals surface area contributed by atoms with Crippen LogP contribution in [0.5, 0.6) is 0 Å². The highest BCUT2D eigenvalue weighted by molar-refractivity contribution is 6.29. The highest BCUT2D eigenvalue weighted by Gasteiger charge is 2.43. The van der Waals surface area contributed by atoms with Crippen molar-refractivity contribution in [3.05, 3.63) is 28.8 Å². The Bertz CT molecular complexity index is 630. The zero-order chi connectivity index (χ0) is 17.2. The monoisotopic (exact) mass is 351 g/mol. The molecule has 2 heterocycles. The fraction of sp³-hybridized carbons (Fsp3) is 0.462. The number of ether oxygens (including phenoxy) is 1. The van der Waals surface area contributed by atoms with Crippen LogP contribution in [0.1, 0.15) is 23.3 Å². The van der Waals surface area contributed by atoms with Crippen molar-refractivity contribution in [1.29, 1.82) is 0 Å². The van der Waals surface area contributed by atoms with Crippen molar-refractivity contribution in [3.63, 3.8) is 0 Å². The standard InChI is InChI=1S/C13H13ClF3N3O3/c14-9-2-1-8(15)10(19-9)11(21)20-6-13(16,17)4-3-7(20)5-23-12(18)22/h1-2,7H,3-6H2,(H2,18,22)/t7-/m1/s1. The summed E-state index contributed by atoms with van der Waals surface area (Å²) in [5.41, 5.74) is 4.17. The lowest BCUT2D eigenvalue weighted by Gasteiger charge is -2.38. The van der Waals surface area contributed by atoms with E-state index >= 15 is 0 Å². The number of hydrogen-bond acceptors (Lipinski definition) is 4. The third-order valence-electron chi connectivity index (χ3n) is 3.38. The summed E-state index contributed by atoms with van der Waals surface area (Å²) in [6, 6.07) is 1.20. The van der Waals surface area contributed by atoms with E-state index in [4.69, 9.17) is 17.3 Å². The molecule has 0 bridgehead atoms. The number of alkyl halides is 2. The van der Waals surface area contributed by atoms with Gasteiger partial charge >= 0.3 is 6.09 Å². The van der Waals surface area contributed by atoms with E-state index in [0.717, 1.165) is 17.0 Å². The molecule has 0 aromatic carbocycles. The zero-order valence-corrected chi connectivity index (χ0v) is 12.5. The molecule has 1 aliphatic heterocycles. The molecular weight excluding hydrogens is 339 g/mol. The summed E-state index contributed by atoms with van der Waals surface area (Å²) in [7, 11) is 0. The second kappa shape index (κ2) is 6.61. The number of primary amides is 1. The molecule has 1 fully saturated rings. The van der Waals surface area contributed by atoms with E-state index < -0.39 is 48.4 Å². The normalized spacial score (nSPS) is 20.2. The molecular formula is C13H13ClF3N3O3. The number of hydrogen-bond donors (Lipinski definition) is 1. The van der Waals surface area contributed by atoms with Gasteiger partial charge in [-0.1, -0.05) is 11.6 Å². The zero-order valence-electron chi connectivity index (χ0n) is 11.8. The highest BCUT2D eigenvalue weighted by atomic mass is 35.5. The van der Waals surface area contributed by atoms with Gasteiger partial charge in [-0.25, -0.2) is 22.9 Å². The van der Waals surface area contributed by atoms with E-state index in [1.807, 2.05) is 0 Å². The number of likely N-dealkylation sites (tertiary alicyclic amines) is 1. The lowest BCUT2D eigenvalue weighted by molar-refractivity contribution is -0.0790. The SMILES string of the molecule is NC(=O)OC[C@H]1CCC(F)(F)CN1C(=O)c1nc(Cl)ccc1F. The maximum absolute atomic E-state index is 13.7. The number of carbonyl (C=O) groups is 2. The van der Waals surface area contributed by atoms with E-state index in [9.17, 15) is 22.8 Å². The maximum Gasteiger partial charge on any atom is 0.404 e. The fourth-order valence-corrected chi connectivity index (χ4v) is 2.43. The van der Waals surface area contributed by atoms with Crippen molar-refractivity contribution in [1.82, 2.24) is 9.88 Å². The molecule has 2 N–H and O–H groups in total. The third kappa shape index (κ3) is 4.25. The van der Waals surface area contributed by atoms with Gasteiger partial charge in [-0.05, 0) is 18.6 Å². The number of pyridine rings is 1. The predicted octanol–water partition coefficient (Wildman–Crippen LogP) is 2.21. The average molecular weight is 352 g/mol. The smallest absolute Gasteiger partial charge is 0.404 e. The summed E-state index contributed by atoms with van der Waals surface area (Å²) in [6.07, 6.45) is -1.72. The van der Waals surface area contributed by atoms with Crippen LogP contribution in [0.3, 0.4) is 0 Å².